The van der Waals surface area contributed by atoms with E-state index >= 15 is 0 Å². The van der Waals surface area contributed by atoms with Crippen molar-refractivity contribution < 1.29 is 37.0 Å². The van der Waals surface area contributed by atoms with Gasteiger partial charge >= 0.3 is 12.2 Å². The molecular weight excluding hydrogens is 421 g/mol. The van der Waals surface area contributed by atoms with Gasteiger partial charge in [0, 0.05) is 38.0 Å². The van der Waals surface area contributed by atoms with Gasteiger partial charge in [-0.15, -0.1) is 0 Å². The predicted octanol–water partition coefficient (Wildman–Crippen LogP) is 2.63. The van der Waals surface area contributed by atoms with Gasteiger partial charge in [0.25, 0.3) is 0 Å². The van der Waals surface area contributed by atoms with Crippen molar-refractivity contribution >= 4 is 17.6 Å². The fourth-order valence-corrected chi connectivity index (χ4v) is 3.08. The van der Waals surface area contributed by atoms with E-state index in [9.17, 15) is 22.8 Å². The van der Waals surface area contributed by atoms with Crippen LogP contribution in [0.1, 0.15) is 5.56 Å². The fraction of sp³-hybridized carbons (Fsp3) is 0.316. The molecule has 31 heavy (non-hydrogen) atoms. The number of nitrogens with zero attached hydrogens (tertiary/aromatic N) is 2. The van der Waals surface area contributed by atoms with Gasteiger partial charge in [-0.25, -0.2) is 9.78 Å². The number of urea groups is 1. The summed E-state index contributed by atoms with van der Waals surface area (Å²) in [5, 5.41) is 5.26. The molecule has 9 nitrogen and oxygen atoms in total. The number of fused-ring (bicyclic) bond motifs is 1. The highest BCUT2D eigenvalue weighted by atomic mass is 19.4. The van der Waals surface area contributed by atoms with Crippen molar-refractivity contribution in [2.45, 2.75) is 12.2 Å². The van der Waals surface area contributed by atoms with Crippen molar-refractivity contribution in [1.29, 1.82) is 0 Å². The van der Waals surface area contributed by atoms with Crippen molar-refractivity contribution in [3.63, 3.8) is 0 Å². The quantitative estimate of drug-likeness (QED) is 0.761. The number of amides is 3. The lowest BCUT2D eigenvalue weighted by Gasteiger charge is -2.23. The smallest absolute Gasteiger partial charge is 0.417 e. The molecule has 1 unspecified atom stereocenters. The lowest BCUT2D eigenvalue weighted by Crippen LogP contribution is -2.40. The number of likely N-dealkylation sites (N-methyl/N-ethyl adjacent to an activating group) is 1. The minimum absolute atomic E-state index is 0.0766. The summed E-state index contributed by atoms with van der Waals surface area (Å²) in [6.45, 7) is 0.679. The van der Waals surface area contributed by atoms with Crippen LogP contribution >= 0.6 is 0 Å². The van der Waals surface area contributed by atoms with E-state index in [-0.39, 0.29) is 48.9 Å². The van der Waals surface area contributed by atoms with Crippen molar-refractivity contribution in [3.05, 3.63) is 36.0 Å². The van der Waals surface area contributed by atoms with Crippen LogP contribution in [0.3, 0.4) is 0 Å². The zero-order valence-electron chi connectivity index (χ0n) is 16.2. The number of anilines is 1. The van der Waals surface area contributed by atoms with E-state index in [1.807, 2.05) is 0 Å². The normalized spacial score (nSPS) is 17.9. The van der Waals surface area contributed by atoms with Gasteiger partial charge in [-0.1, -0.05) is 0 Å². The third kappa shape index (κ3) is 4.27. The zero-order valence-corrected chi connectivity index (χ0v) is 16.2. The molecule has 2 aliphatic heterocycles. The number of halogens is 3. The standard InChI is InChI=1S/C19H17F3N4O5/c1-26-13(9-24-18(26)28)17(27)25-12-6-11(7-14-16(12)30-5-4-29-14)31-15-3-2-10(8-23-15)19(20,21)22/h2-3,6-8,13H,4-5,9H2,1H3,(H,24,28)(H,25,27). The maximum Gasteiger partial charge on any atom is 0.417 e. The minimum Gasteiger partial charge on any atom is -0.486 e. The van der Waals surface area contributed by atoms with Crippen LogP contribution < -0.4 is 24.8 Å². The molecule has 0 spiro atoms. The van der Waals surface area contributed by atoms with Crippen molar-refractivity contribution in [1.82, 2.24) is 15.2 Å². The molecule has 1 aromatic heterocycles. The van der Waals surface area contributed by atoms with Gasteiger partial charge in [-0.2, -0.15) is 13.2 Å². The molecule has 1 aromatic carbocycles. The van der Waals surface area contributed by atoms with E-state index in [4.69, 9.17) is 14.2 Å². The molecule has 164 valence electrons. The predicted molar refractivity (Wildman–Crippen MR) is 100 cm³/mol. The third-order valence-corrected chi connectivity index (χ3v) is 4.70. The first-order valence-corrected chi connectivity index (χ1v) is 9.18. The summed E-state index contributed by atoms with van der Waals surface area (Å²) in [6.07, 6.45) is -3.85. The van der Waals surface area contributed by atoms with Gasteiger partial charge in [0.2, 0.25) is 11.8 Å². The number of hydrogen-bond donors (Lipinski definition) is 2. The molecule has 2 aromatic rings. The summed E-state index contributed by atoms with van der Waals surface area (Å²) >= 11 is 0. The summed E-state index contributed by atoms with van der Waals surface area (Å²) in [5.41, 5.74) is -0.671. The highest BCUT2D eigenvalue weighted by molar-refractivity contribution is 6.00. The lowest BCUT2D eigenvalue weighted by atomic mass is 10.2. The number of hydrogen-bond acceptors (Lipinski definition) is 6. The van der Waals surface area contributed by atoms with Gasteiger partial charge < -0.3 is 29.7 Å². The second-order valence-corrected chi connectivity index (χ2v) is 6.78. The summed E-state index contributed by atoms with van der Waals surface area (Å²) in [5.74, 6) is 0.210. The molecule has 12 heteroatoms. The molecule has 2 aliphatic rings. The van der Waals surface area contributed by atoms with Crippen LogP contribution in [-0.2, 0) is 11.0 Å². The number of pyridine rings is 1. The highest BCUT2D eigenvalue weighted by Gasteiger charge is 2.34. The largest absolute Gasteiger partial charge is 0.486 e. The Kier molecular flexibility index (Phi) is 5.21. The number of nitrogens with one attached hydrogen (secondary N) is 2. The molecule has 0 radical (unpaired) electrons. The number of aromatic nitrogens is 1. The molecule has 0 bridgehead atoms. The van der Waals surface area contributed by atoms with Crippen LogP contribution in [0.4, 0.5) is 23.7 Å². The molecule has 0 aliphatic carbocycles. The highest BCUT2D eigenvalue weighted by Crippen LogP contribution is 2.42. The van der Waals surface area contributed by atoms with Gasteiger partial charge in [-0.05, 0) is 6.07 Å². The second kappa shape index (κ2) is 7.85. The van der Waals surface area contributed by atoms with Crippen molar-refractivity contribution in [3.8, 4) is 23.1 Å². The zero-order chi connectivity index (χ0) is 22.2. The Morgan fingerprint density at radius 2 is 2.06 bits per heavy atom. The van der Waals surface area contributed by atoms with Gasteiger partial charge in [0.15, 0.2) is 11.5 Å². The third-order valence-electron chi connectivity index (χ3n) is 4.70. The van der Waals surface area contributed by atoms with Gasteiger partial charge in [0.05, 0.1) is 11.3 Å². The van der Waals surface area contributed by atoms with Crippen LogP contribution in [0.2, 0.25) is 0 Å². The molecule has 3 amide bonds. The first-order valence-electron chi connectivity index (χ1n) is 9.18. The SMILES string of the molecule is CN1C(=O)NCC1C(=O)Nc1cc(Oc2ccc(C(F)(F)F)cn2)cc2c1OCCO2. The van der Waals surface area contributed by atoms with Crippen LogP contribution in [0.15, 0.2) is 30.5 Å². The first kappa shape index (κ1) is 20.6. The van der Waals surface area contributed by atoms with Crippen LogP contribution in [-0.4, -0.2) is 54.7 Å². The van der Waals surface area contributed by atoms with Crippen LogP contribution in [0, 0.1) is 0 Å². The Balaban J connectivity index is 1.58. The number of carbonyl (C=O) groups excluding carboxylic acids is 2. The lowest BCUT2D eigenvalue weighted by molar-refractivity contribution is -0.137. The van der Waals surface area contributed by atoms with Crippen molar-refractivity contribution in [2.24, 2.45) is 0 Å². The maximum atomic E-state index is 12.7. The minimum atomic E-state index is -4.51. The molecule has 3 heterocycles. The van der Waals surface area contributed by atoms with Gasteiger partial charge in [0.1, 0.15) is 25.0 Å². The Labute approximate surface area is 174 Å². The first-order chi connectivity index (χ1) is 14.7. The second-order valence-electron chi connectivity index (χ2n) is 6.78. The van der Waals surface area contributed by atoms with Crippen LogP contribution in [0.25, 0.3) is 0 Å². The van der Waals surface area contributed by atoms with E-state index in [1.165, 1.54) is 24.1 Å². The van der Waals surface area contributed by atoms with E-state index in [0.29, 0.717) is 11.9 Å². The molecule has 0 saturated carbocycles. The summed E-state index contributed by atoms with van der Waals surface area (Å²) in [7, 11) is 1.50. The van der Waals surface area contributed by atoms with E-state index in [0.717, 1.165) is 12.1 Å². The fourth-order valence-electron chi connectivity index (χ4n) is 3.08. The van der Waals surface area contributed by atoms with Crippen LogP contribution in [0.5, 0.6) is 23.1 Å². The average Bonchev–Trinajstić information content (AvgIpc) is 3.06. The molecule has 1 saturated heterocycles. The van der Waals surface area contributed by atoms with E-state index in [2.05, 4.69) is 15.6 Å². The topological polar surface area (TPSA) is 102 Å². The molecule has 4 rings (SSSR count). The maximum absolute atomic E-state index is 12.7. The Morgan fingerprint density at radius 1 is 1.29 bits per heavy atom. The number of benzene rings is 1. The molecule has 1 atom stereocenters. The Morgan fingerprint density at radius 3 is 2.71 bits per heavy atom. The number of ether oxygens (including phenoxy) is 3. The van der Waals surface area contributed by atoms with Gasteiger partial charge in [-0.3, -0.25) is 4.79 Å². The number of rotatable bonds is 4. The summed E-state index contributed by atoms with van der Waals surface area (Å²) < 4.78 is 54.8. The van der Waals surface area contributed by atoms with Crippen molar-refractivity contribution in [2.75, 3.05) is 32.1 Å². The monoisotopic (exact) mass is 438 g/mol. The van der Waals surface area contributed by atoms with E-state index < -0.39 is 23.7 Å². The summed E-state index contributed by atoms with van der Waals surface area (Å²) in [6, 6.07) is 3.76. The average molecular weight is 438 g/mol. The Hall–Kier alpha value is -3.70. The molecule has 1 fully saturated rings. The summed E-state index contributed by atoms with van der Waals surface area (Å²) in [4.78, 5) is 29.2. The molecule has 2 N–H and O–H groups in total. The number of alkyl halides is 3. The van der Waals surface area contributed by atoms with E-state index in [1.54, 1.807) is 0 Å². The Bertz CT molecular complexity index is 1010. The number of carbonyl (C=O) groups is 2. The molecular formula is C19H17F3N4O5.